The van der Waals surface area contributed by atoms with Crippen molar-refractivity contribution in [2.45, 2.75) is 5.41 Å². The third kappa shape index (κ3) is 6.39. The van der Waals surface area contributed by atoms with Crippen molar-refractivity contribution < 1.29 is 19.7 Å². The molecule has 8 aromatic rings. The summed E-state index contributed by atoms with van der Waals surface area (Å²) in [5, 5.41) is 19.7. The van der Waals surface area contributed by atoms with Crippen LogP contribution in [0.3, 0.4) is 0 Å². The van der Waals surface area contributed by atoms with Gasteiger partial charge in [-0.15, -0.1) is 0 Å². The Morgan fingerprint density at radius 1 is 0.333 bits per heavy atom. The predicted molar refractivity (Wildman–Crippen MR) is 231 cm³/mol. The third-order valence-electron chi connectivity index (χ3n) is 11.0. The number of rotatable bonds is 12. The molecule has 1 aliphatic rings. The molecule has 0 atom stereocenters. The highest BCUT2D eigenvalue weighted by molar-refractivity contribution is 5.97. The Balaban J connectivity index is 1.47. The Bertz CT molecular complexity index is 2450. The molecule has 4 nitrogen and oxygen atoms in total. The summed E-state index contributed by atoms with van der Waals surface area (Å²) in [7, 11) is 0. The van der Waals surface area contributed by atoms with Gasteiger partial charge in [0.1, 0.15) is 24.7 Å². The van der Waals surface area contributed by atoms with E-state index >= 15 is 0 Å². The average molecular weight is 743 g/mol. The van der Waals surface area contributed by atoms with Gasteiger partial charge in [-0.25, -0.2) is 0 Å². The molecule has 0 aromatic heterocycles. The zero-order valence-corrected chi connectivity index (χ0v) is 31.5. The second kappa shape index (κ2) is 15.8. The number of benzene rings is 8. The van der Waals surface area contributed by atoms with Gasteiger partial charge in [0.15, 0.2) is 0 Å². The van der Waals surface area contributed by atoms with Crippen LogP contribution >= 0.6 is 0 Å². The molecule has 57 heavy (non-hydrogen) atoms. The lowest BCUT2D eigenvalue weighted by atomic mass is 9.64. The standard InChI is InChI=1S/C53H42O4/c54-31-33-56-49-29-27-41(35-47(49)39-19-9-3-10-20-39)53(42-28-30-50(57-34-32-55)48(36-42)40-21-11-4-12-22-40)51-43(37-15-5-1-6-16-37)23-13-25-45(51)46-26-14-24-44(52(46)53)38-17-7-2-8-18-38/h1-30,35-36,54-55H,31-34H2. The van der Waals surface area contributed by atoms with Gasteiger partial charge in [-0.2, -0.15) is 0 Å². The lowest BCUT2D eigenvalue weighted by molar-refractivity contribution is 0.202. The van der Waals surface area contributed by atoms with Crippen molar-refractivity contribution in [2.75, 3.05) is 26.4 Å². The highest BCUT2D eigenvalue weighted by atomic mass is 16.5. The number of aliphatic hydroxyl groups excluding tert-OH is 2. The Hall–Kier alpha value is -6.72. The lowest BCUT2D eigenvalue weighted by Gasteiger charge is -2.37. The zero-order valence-electron chi connectivity index (χ0n) is 31.5. The third-order valence-corrected chi connectivity index (χ3v) is 11.0. The fourth-order valence-electron chi connectivity index (χ4n) is 8.72. The second-order valence-electron chi connectivity index (χ2n) is 14.2. The van der Waals surface area contributed by atoms with Crippen molar-refractivity contribution in [3.8, 4) is 67.1 Å². The van der Waals surface area contributed by atoms with Crippen molar-refractivity contribution in [2.24, 2.45) is 0 Å². The van der Waals surface area contributed by atoms with Gasteiger partial charge < -0.3 is 19.7 Å². The molecular formula is C53H42O4. The van der Waals surface area contributed by atoms with Gasteiger partial charge in [0.25, 0.3) is 0 Å². The van der Waals surface area contributed by atoms with Gasteiger partial charge in [-0.3, -0.25) is 0 Å². The van der Waals surface area contributed by atoms with Gasteiger partial charge in [0, 0.05) is 11.1 Å². The lowest BCUT2D eigenvalue weighted by Crippen LogP contribution is -2.30. The summed E-state index contributed by atoms with van der Waals surface area (Å²) >= 11 is 0. The van der Waals surface area contributed by atoms with Crippen LogP contribution in [0.1, 0.15) is 22.3 Å². The second-order valence-corrected chi connectivity index (χ2v) is 14.2. The Morgan fingerprint density at radius 3 is 1.02 bits per heavy atom. The Morgan fingerprint density at radius 2 is 0.667 bits per heavy atom. The number of hydrogen-bond donors (Lipinski definition) is 2. The zero-order chi connectivity index (χ0) is 38.6. The van der Waals surface area contributed by atoms with E-state index in [1.807, 2.05) is 36.4 Å². The molecule has 8 aromatic carbocycles. The first-order chi connectivity index (χ1) is 28.2. The van der Waals surface area contributed by atoms with Crippen molar-refractivity contribution in [1.29, 1.82) is 0 Å². The first-order valence-electron chi connectivity index (χ1n) is 19.5. The topological polar surface area (TPSA) is 58.9 Å². The molecule has 0 bridgehead atoms. The van der Waals surface area contributed by atoms with E-state index < -0.39 is 5.41 Å². The van der Waals surface area contributed by atoms with Crippen molar-refractivity contribution in [1.82, 2.24) is 0 Å². The quantitative estimate of drug-likeness (QED) is 0.131. The molecule has 0 heterocycles. The fourth-order valence-corrected chi connectivity index (χ4v) is 8.72. The van der Waals surface area contributed by atoms with E-state index in [2.05, 4.69) is 158 Å². The summed E-state index contributed by atoms with van der Waals surface area (Å²) in [6.07, 6.45) is 0. The average Bonchev–Trinajstić information content (AvgIpc) is 3.60. The Labute approximate surface area is 333 Å². The molecular weight excluding hydrogens is 701 g/mol. The minimum absolute atomic E-state index is 0.0888. The summed E-state index contributed by atoms with van der Waals surface area (Å²) in [6.45, 7) is 0.188. The van der Waals surface area contributed by atoms with Crippen LogP contribution < -0.4 is 9.47 Å². The summed E-state index contributed by atoms with van der Waals surface area (Å²) < 4.78 is 12.5. The molecule has 0 spiro atoms. The minimum atomic E-state index is -0.860. The highest BCUT2D eigenvalue weighted by Crippen LogP contribution is 2.62. The predicted octanol–water partition coefficient (Wildman–Crippen LogP) is 11.5. The van der Waals surface area contributed by atoms with E-state index in [0.29, 0.717) is 11.5 Å². The van der Waals surface area contributed by atoms with Crippen LogP contribution in [0, 0.1) is 0 Å². The monoisotopic (exact) mass is 742 g/mol. The van der Waals surface area contributed by atoms with Gasteiger partial charge >= 0.3 is 0 Å². The van der Waals surface area contributed by atoms with E-state index in [-0.39, 0.29) is 26.4 Å². The van der Waals surface area contributed by atoms with Crippen LogP contribution in [0.25, 0.3) is 55.6 Å². The molecule has 0 unspecified atom stereocenters. The van der Waals surface area contributed by atoms with E-state index in [1.54, 1.807) is 0 Å². The molecule has 0 aliphatic heterocycles. The van der Waals surface area contributed by atoms with Crippen LogP contribution in [-0.4, -0.2) is 36.6 Å². The van der Waals surface area contributed by atoms with Crippen LogP contribution in [0.15, 0.2) is 194 Å². The largest absolute Gasteiger partial charge is 0.491 e. The molecule has 0 radical (unpaired) electrons. The number of hydrogen-bond acceptors (Lipinski definition) is 4. The van der Waals surface area contributed by atoms with Gasteiger partial charge in [-0.05, 0) is 91.0 Å². The van der Waals surface area contributed by atoms with E-state index in [9.17, 15) is 10.2 Å². The Kier molecular flexibility index (Phi) is 9.96. The highest BCUT2D eigenvalue weighted by Gasteiger charge is 2.49. The van der Waals surface area contributed by atoms with Crippen LogP contribution in [0.4, 0.5) is 0 Å². The van der Waals surface area contributed by atoms with E-state index in [0.717, 1.165) is 55.6 Å². The maximum Gasteiger partial charge on any atom is 0.127 e. The van der Waals surface area contributed by atoms with E-state index in [1.165, 1.54) is 22.3 Å². The van der Waals surface area contributed by atoms with Crippen molar-refractivity contribution in [3.05, 3.63) is 216 Å². The van der Waals surface area contributed by atoms with E-state index in [4.69, 9.17) is 9.47 Å². The van der Waals surface area contributed by atoms with Gasteiger partial charge in [-0.1, -0.05) is 170 Å². The van der Waals surface area contributed by atoms with Gasteiger partial charge in [0.2, 0.25) is 0 Å². The molecule has 0 amide bonds. The molecule has 2 N–H and O–H groups in total. The fraction of sp³-hybridized carbons (Fsp3) is 0.0943. The summed E-state index contributed by atoms with van der Waals surface area (Å²) in [4.78, 5) is 0. The number of aliphatic hydroxyl groups is 2. The minimum Gasteiger partial charge on any atom is -0.491 e. The number of ether oxygens (including phenoxy) is 2. The summed E-state index contributed by atoms with van der Waals surface area (Å²) in [6, 6.07) is 68.6. The maximum atomic E-state index is 9.85. The maximum absolute atomic E-state index is 9.85. The first kappa shape index (κ1) is 35.9. The van der Waals surface area contributed by atoms with Gasteiger partial charge in [0.05, 0.1) is 18.6 Å². The summed E-state index contributed by atoms with van der Waals surface area (Å²) in [5.41, 5.74) is 14.5. The normalized spacial score (nSPS) is 12.5. The van der Waals surface area contributed by atoms with Crippen LogP contribution in [0.2, 0.25) is 0 Å². The molecule has 1 aliphatic carbocycles. The summed E-state index contributed by atoms with van der Waals surface area (Å²) in [5.74, 6) is 1.41. The molecule has 0 saturated carbocycles. The first-order valence-corrected chi connectivity index (χ1v) is 19.5. The molecule has 9 rings (SSSR count). The SMILES string of the molecule is OCCOc1ccc(C2(c3ccc(OCCO)c(-c4ccccc4)c3)c3c(-c4ccccc4)cccc3-c3cccc(-c4ccccc4)c32)cc1-c1ccccc1. The number of fused-ring (bicyclic) bond motifs is 3. The smallest absolute Gasteiger partial charge is 0.127 e. The molecule has 278 valence electrons. The van der Waals surface area contributed by atoms with Crippen molar-refractivity contribution >= 4 is 0 Å². The van der Waals surface area contributed by atoms with Crippen molar-refractivity contribution in [3.63, 3.8) is 0 Å². The molecule has 4 heteroatoms. The molecule has 0 saturated heterocycles. The van der Waals surface area contributed by atoms with Crippen LogP contribution in [0.5, 0.6) is 11.5 Å². The molecule has 0 fully saturated rings. The van der Waals surface area contributed by atoms with Crippen LogP contribution in [-0.2, 0) is 5.41 Å².